The molecule has 2 aliphatic heterocycles. The Morgan fingerprint density at radius 1 is 1.27 bits per heavy atom. The van der Waals surface area contributed by atoms with E-state index in [0.29, 0.717) is 13.0 Å². The lowest BCUT2D eigenvalue weighted by Gasteiger charge is -2.38. The number of carbonyl (C=O) groups is 2. The average molecular weight is 211 g/mol. The Morgan fingerprint density at radius 3 is 2.53 bits per heavy atom. The molecule has 0 aromatic rings. The predicted octanol–water partition coefficient (Wildman–Crippen LogP) is -0.785. The summed E-state index contributed by atoms with van der Waals surface area (Å²) in [5.41, 5.74) is 5.30. The third kappa shape index (κ3) is 1.97. The lowest BCUT2D eigenvalue weighted by Crippen LogP contribution is -2.59. The molecule has 2 saturated heterocycles. The quantitative estimate of drug-likeness (QED) is 0.629. The molecule has 2 amide bonds. The van der Waals surface area contributed by atoms with Crippen molar-refractivity contribution in [1.29, 1.82) is 0 Å². The Kier molecular flexibility index (Phi) is 2.90. The van der Waals surface area contributed by atoms with Crippen LogP contribution in [-0.4, -0.2) is 41.9 Å². The molecular weight excluding hydrogens is 194 g/mol. The monoisotopic (exact) mass is 211 g/mol. The lowest BCUT2D eigenvalue weighted by molar-refractivity contribution is -0.144. The molecule has 0 spiro atoms. The van der Waals surface area contributed by atoms with Crippen molar-refractivity contribution in [3.8, 4) is 0 Å². The number of amides is 2. The molecular formula is C10H17N3O2. The van der Waals surface area contributed by atoms with E-state index in [4.69, 9.17) is 5.73 Å². The number of nitrogens with zero attached hydrogens (tertiary/aromatic N) is 1. The minimum Gasteiger partial charge on any atom is -0.368 e. The van der Waals surface area contributed by atoms with Crippen molar-refractivity contribution in [1.82, 2.24) is 10.2 Å². The molecule has 0 aliphatic carbocycles. The summed E-state index contributed by atoms with van der Waals surface area (Å²) in [6, 6.07) is -0.460. The number of piperidine rings is 1. The molecule has 3 N–H and O–H groups in total. The van der Waals surface area contributed by atoms with Crippen LogP contribution in [0.5, 0.6) is 0 Å². The normalized spacial score (nSPS) is 30.8. The molecule has 15 heavy (non-hydrogen) atoms. The van der Waals surface area contributed by atoms with Crippen LogP contribution in [0.15, 0.2) is 0 Å². The van der Waals surface area contributed by atoms with E-state index in [9.17, 15) is 9.59 Å². The van der Waals surface area contributed by atoms with Gasteiger partial charge in [0.1, 0.15) is 6.04 Å². The zero-order valence-corrected chi connectivity index (χ0v) is 8.74. The van der Waals surface area contributed by atoms with Crippen LogP contribution in [-0.2, 0) is 9.59 Å². The van der Waals surface area contributed by atoms with E-state index in [1.807, 2.05) is 0 Å². The van der Waals surface area contributed by atoms with Crippen LogP contribution in [0.3, 0.4) is 0 Å². The van der Waals surface area contributed by atoms with Gasteiger partial charge >= 0.3 is 0 Å². The summed E-state index contributed by atoms with van der Waals surface area (Å²) in [4.78, 5) is 24.8. The Labute approximate surface area is 89.0 Å². The van der Waals surface area contributed by atoms with Gasteiger partial charge in [0.2, 0.25) is 11.8 Å². The number of rotatable bonds is 2. The van der Waals surface area contributed by atoms with Crippen LogP contribution >= 0.6 is 0 Å². The van der Waals surface area contributed by atoms with Crippen LogP contribution in [0, 0.1) is 0 Å². The summed E-state index contributed by atoms with van der Waals surface area (Å²) < 4.78 is 0. The van der Waals surface area contributed by atoms with Gasteiger partial charge in [-0.15, -0.1) is 0 Å². The first-order valence-corrected chi connectivity index (χ1v) is 5.53. The van der Waals surface area contributed by atoms with Gasteiger partial charge < -0.3 is 16.0 Å². The zero-order chi connectivity index (χ0) is 10.8. The SMILES string of the molecule is NC(=O)C1CCCCN1C(=O)[C@H]1CCN1. The number of primary amides is 1. The van der Waals surface area contributed by atoms with Gasteiger partial charge in [-0.25, -0.2) is 0 Å². The fourth-order valence-corrected chi connectivity index (χ4v) is 2.19. The maximum absolute atomic E-state index is 12.0. The van der Waals surface area contributed by atoms with Crippen molar-refractivity contribution in [3.05, 3.63) is 0 Å². The highest BCUT2D eigenvalue weighted by molar-refractivity contribution is 5.89. The predicted molar refractivity (Wildman–Crippen MR) is 55.0 cm³/mol. The fraction of sp³-hybridized carbons (Fsp3) is 0.800. The van der Waals surface area contributed by atoms with E-state index in [0.717, 1.165) is 25.8 Å². The molecule has 0 bridgehead atoms. The molecule has 0 aromatic carbocycles. The Hall–Kier alpha value is -1.10. The van der Waals surface area contributed by atoms with Crippen LogP contribution in [0.2, 0.25) is 0 Å². The average Bonchev–Trinajstić information content (AvgIpc) is 2.15. The lowest BCUT2D eigenvalue weighted by atomic mass is 9.98. The molecule has 1 unspecified atom stereocenters. The maximum Gasteiger partial charge on any atom is 0.240 e. The smallest absolute Gasteiger partial charge is 0.240 e. The summed E-state index contributed by atoms with van der Waals surface area (Å²) in [5.74, 6) is -0.327. The summed E-state index contributed by atoms with van der Waals surface area (Å²) in [6.07, 6.45) is 3.55. The van der Waals surface area contributed by atoms with Crippen LogP contribution < -0.4 is 11.1 Å². The van der Waals surface area contributed by atoms with Gasteiger partial charge in [0.25, 0.3) is 0 Å². The molecule has 5 heteroatoms. The standard InChI is InChI=1S/C10H17N3O2/c11-9(14)8-3-1-2-6-13(8)10(15)7-4-5-12-7/h7-8,12H,1-6H2,(H2,11,14)/t7-,8?/m1/s1. The zero-order valence-electron chi connectivity index (χ0n) is 8.74. The third-order valence-electron chi connectivity index (χ3n) is 3.24. The Balaban J connectivity index is 2.03. The molecule has 84 valence electrons. The van der Waals surface area contributed by atoms with Gasteiger partial charge in [-0.3, -0.25) is 9.59 Å². The number of nitrogens with two attached hydrogens (primary N) is 1. The van der Waals surface area contributed by atoms with Crippen LogP contribution in [0.4, 0.5) is 0 Å². The molecule has 2 heterocycles. The van der Waals surface area contributed by atoms with Gasteiger partial charge in [0.05, 0.1) is 6.04 Å². The largest absolute Gasteiger partial charge is 0.368 e. The van der Waals surface area contributed by atoms with E-state index >= 15 is 0 Å². The van der Waals surface area contributed by atoms with Crippen LogP contribution in [0.1, 0.15) is 25.7 Å². The molecule has 2 fully saturated rings. The van der Waals surface area contributed by atoms with E-state index in [1.165, 1.54) is 0 Å². The Morgan fingerprint density at radius 2 is 2.00 bits per heavy atom. The second kappa shape index (κ2) is 4.18. The second-order valence-electron chi connectivity index (χ2n) is 4.24. The Bertz CT molecular complexity index is 276. The molecule has 0 aromatic heterocycles. The summed E-state index contributed by atoms with van der Waals surface area (Å²) >= 11 is 0. The van der Waals surface area contributed by atoms with Crippen LogP contribution in [0.25, 0.3) is 0 Å². The van der Waals surface area contributed by atoms with Crippen molar-refractivity contribution in [2.75, 3.05) is 13.1 Å². The van der Waals surface area contributed by atoms with Gasteiger partial charge in [-0.05, 0) is 32.2 Å². The van der Waals surface area contributed by atoms with Crippen molar-refractivity contribution >= 4 is 11.8 Å². The summed E-state index contributed by atoms with van der Waals surface area (Å²) in [5, 5.41) is 3.06. The third-order valence-corrected chi connectivity index (χ3v) is 3.24. The van der Waals surface area contributed by atoms with E-state index in [2.05, 4.69) is 5.32 Å². The summed E-state index contributed by atoms with van der Waals surface area (Å²) in [6.45, 7) is 1.57. The van der Waals surface area contributed by atoms with Gasteiger partial charge in [0, 0.05) is 6.54 Å². The molecule has 5 nitrogen and oxygen atoms in total. The van der Waals surface area contributed by atoms with Crippen molar-refractivity contribution in [2.24, 2.45) is 5.73 Å². The molecule has 2 rings (SSSR count). The first-order chi connectivity index (χ1) is 7.20. The van der Waals surface area contributed by atoms with Crippen molar-refractivity contribution < 1.29 is 9.59 Å². The highest BCUT2D eigenvalue weighted by Gasteiger charge is 2.36. The number of carbonyl (C=O) groups excluding carboxylic acids is 2. The fourth-order valence-electron chi connectivity index (χ4n) is 2.19. The minimum absolute atomic E-state index is 0.0461. The summed E-state index contributed by atoms with van der Waals surface area (Å²) in [7, 11) is 0. The number of likely N-dealkylation sites (tertiary alicyclic amines) is 1. The number of hydrogen-bond donors (Lipinski definition) is 2. The molecule has 0 radical (unpaired) electrons. The second-order valence-corrected chi connectivity index (χ2v) is 4.24. The van der Waals surface area contributed by atoms with Gasteiger partial charge in [-0.1, -0.05) is 0 Å². The van der Waals surface area contributed by atoms with Crippen molar-refractivity contribution in [2.45, 2.75) is 37.8 Å². The number of nitrogens with one attached hydrogen (secondary N) is 1. The van der Waals surface area contributed by atoms with Gasteiger partial charge in [0.15, 0.2) is 0 Å². The molecule has 0 saturated carbocycles. The first kappa shape index (κ1) is 10.4. The van der Waals surface area contributed by atoms with E-state index in [-0.39, 0.29) is 23.9 Å². The first-order valence-electron chi connectivity index (χ1n) is 5.53. The van der Waals surface area contributed by atoms with E-state index in [1.54, 1.807) is 4.90 Å². The minimum atomic E-state index is -0.381. The number of hydrogen-bond acceptors (Lipinski definition) is 3. The van der Waals surface area contributed by atoms with Crippen molar-refractivity contribution in [3.63, 3.8) is 0 Å². The topological polar surface area (TPSA) is 75.4 Å². The maximum atomic E-state index is 12.0. The highest BCUT2D eigenvalue weighted by Crippen LogP contribution is 2.19. The molecule has 2 aliphatic rings. The van der Waals surface area contributed by atoms with E-state index < -0.39 is 0 Å². The van der Waals surface area contributed by atoms with Gasteiger partial charge in [-0.2, -0.15) is 0 Å². The highest BCUT2D eigenvalue weighted by atomic mass is 16.2. The molecule has 2 atom stereocenters.